The first kappa shape index (κ1) is 10.8. The SMILES string of the molecule is Clc1ccc2nc(Nc3nnc(C4CC4)o3)oc2c1. The standard InChI is InChI=1S/C12H9ClN4O2/c13-7-3-4-8-9(5-7)18-11(14-8)15-12-17-16-10(19-12)6-1-2-6/h3-6H,1-2H2,(H,14,15,17). The second kappa shape index (κ2) is 3.96. The molecular formula is C12H9ClN4O2. The minimum atomic E-state index is 0.291. The lowest BCUT2D eigenvalue weighted by atomic mass is 10.3. The van der Waals surface area contributed by atoms with Crippen molar-refractivity contribution in [3.63, 3.8) is 0 Å². The van der Waals surface area contributed by atoms with Gasteiger partial charge in [0.15, 0.2) is 5.58 Å². The van der Waals surface area contributed by atoms with Gasteiger partial charge in [-0.3, -0.25) is 5.32 Å². The fourth-order valence-corrected chi connectivity index (χ4v) is 1.99. The van der Waals surface area contributed by atoms with E-state index in [9.17, 15) is 0 Å². The molecule has 6 nitrogen and oxygen atoms in total. The number of rotatable bonds is 3. The molecule has 0 saturated heterocycles. The second-order valence-electron chi connectivity index (χ2n) is 4.48. The van der Waals surface area contributed by atoms with Crippen molar-refractivity contribution in [3.05, 3.63) is 29.1 Å². The molecule has 3 aromatic rings. The molecule has 4 rings (SSSR count). The van der Waals surface area contributed by atoms with Gasteiger partial charge in [-0.25, -0.2) is 0 Å². The van der Waals surface area contributed by atoms with Crippen LogP contribution in [0.4, 0.5) is 12.0 Å². The number of fused-ring (bicyclic) bond motifs is 1. The molecule has 0 atom stereocenters. The molecule has 0 amide bonds. The third-order valence-electron chi connectivity index (χ3n) is 2.93. The normalized spacial score (nSPS) is 15.0. The lowest BCUT2D eigenvalue weighted by molar-refractivity contribution is 0.506. The number of nitrogens with one attached hydrogen (secondary N) is 1. The summed E-state index contributed by atoms with van der Waals surface area (Å²) >= 11 is 5.88. The van der Waals surface area contributed by atoms with Crippen molar-refractivity contribution in [2.75, 3.05) is 5.32 Å². The highest BCUT2D eigenvalue weighted by atomic mass is 35.5. The maximum atomic E-state index is 5.88. The van der Waals surface area contributed by atoms with Crippen LogP contribution in [0.3, 0.4) is 0 Å². The van der Waals surface area contributed by atoms with Crippen LogP contribution in [0.1, 0.15) is 24.7 Å². The maximum absolute atomic E-state index is 5.88. The Balaban J connectivity index is 1.62. The van der Waals surface area contributed by atoms with Crippen LogP contribution in [0.5, 0.6) is 0 Å². The van der Waals surface area contributed by atoms with Gasteiger partial charge in [-0.1, -0.05) is 16.7 Å². The van der Waals surface area contributed by atoms with E-state index in [1.165, 1.54) is 0 Å². The van der Waals surface area contributed by atoms with E-state index in [0.29, 0.717) is 40.0 Å². The Morgan fingerprint density at radius 1 is 1.16 bits per heavy atom. The molecule has 19 heavy (non-hydrogen) atoms. The van der Waals surface area contributed by atoms with Crippen LogP contribution < -0.4 is 5.32 Å². The highest BCUT2D eigenvalue weighted by Gasteiger charge is 2.29. The molecule has 0 aliphatic heterocycles. The first-order chi connectivity index (χ1) is 9.28. The molecule has 0 bridgehead atoms. The molecule has 0 unspecified atom stereocenters. The second-order valence-corrected chi connectivity index (χ2v) is 4.91. The van der Waals surface area contributed by atoms with Crippen LogP contribution in [0.25, 0.3) is 11.1 Å². The number of halogens is 1. The third-order valence-corrected chi connectivity index (χ3v) is 3.17. The largest absolute Gasteiger partial charge is 0.423 e. The monoisotopic (exact) mass is 276 g/mol. The van der Waals surface area contributed by atoms with E-state index in [1.807, 2.05) is 0 Å². The van der Waals surface area contributed by atoms with E-state index in [2.05, 4.69) is 20.5 Å². The molecular weight excluding hydrogens is 268 g/mol. The predicted octanol–water partition coefficient (Wildman–Crippen LogP) is 3.49. The summed E-state index contributed by atoms with van der Waals surface area (Å²) in [5, 5.41) is 11.3. The predicted molar refractivity (Wildman–Crippen MR) is 68.6 cm³/mol. The minimum absolute atomic E-state index is 0.291. The van der Waals surface area contributed by atoms with Crippen molar-refractivity contribution in [2.45, 2.75) is 18.8 Å². The Morgan fingerprint density at radius 2 is 2.05 bits per heavy atom. The smallest absolute Gasteiger partial charge is 0.323 e. The van der Waals surface area contributed by atoms with E-state index in [0.717, 1.165) is 12.8 Å². The molecule has 1 saturated carbocycles. The van der Waals surface area contributed by atoms with Crippen LogP contribution in [-0.4, -0.2) is 15.2 Å². The molecule has 2 aromatic heterocycles. The first-order valence-electron chi connectivity index (χ1n) is 5.94. The summed E-state index contributed by atoms with van der Waals surface area (Å²) in [7, 11) is 0. The van der Waals surface area contributed by atoms with Gasteiger partial charge in [0, 0.05) is 17.0 Å². The van der Waals surface area contributed by atoms with Crippen molar-refractivity contribution in [3.8, 4) is 0 Å². The highest BCUT2D eigenvalue weighted by molar-refractivity contribution is 6.31. The van der Waals surface area contributed by atoms with Gasteiger partial charge in [0.2, 0.25) is 5.89 Å². The molecule has 7 heteroatoms. The van der Waals surface area contributed by atoms with E-state index >= 15 is 0 Å². The fourth-order valence-electron chi connectivity index (χ4n) is 1.82. The van der Waals surface area contributed by atoms with Gasteiger partial charge >= 0.3 is 12.0 Å². The van der Waals surface area contributed by atoms with Crippen molar-refractivity contribution in [1.29, 1.82) is 0 Å². The molecule has 96 valence electrons. The summed E-state index contributed by atoms with van der Waals surface area (Å²) in [5.74, 6) is 1.09. The number of nitrogens with zero attached hydrogens (tertiary/aromatic N) is 3. The summed E-state index contributed by atoms with van der Waals surface area (Å²) in [6, 6.07) is 5.85. The number of hydrogen-bond acceptors (Lipinski definition) is 6. The van der Waals surface area contributed by atoms with E-state index in [-0.39, 0.29) is 0 Å². The lowest BCUT2D eigenvalue weighted by Crippen LogP contribution is -1.89. The van der Waals surface area contributed by atoms with Crippen LogP contribution in [0, 0.1) is 0 Å². The number of benzene rings is 1. The molecule has 1 N–H and O–H groups in total. The van der Waals surface area contributed by atoms with Gasteiger partial charge in [0.05, 0.1) is 0 Å². The third kappa shape index (κ3) is 2.04. The van der Waals surface area contributed by atoms with E-state index in [1.54, 1.807) is 18.2 Å². The molecule has 2 heterocycles. The highest BCUT2D eigenvalue weighted by Crippen LogP contribution is 2.39. The Kier molecular flexibility index (Phi) is 2.25. The molecule has 0 spiro atoms. The molecule has 0 radical (unpaired) electrons. The summed E-state index contributed by atoms with van der Waals surface area (Å²) < 4.78 is 11.0. The molecule has 1 fully saturated rings. The van der Waals surface area contributed by atoms with E-state index < -0.39 is 0 Å². The van der Waals surface area contributed by atoms with Crippen LogP contribution in [-0.2, 0) is 0 Å². The number of oxazole rings is 1. The lowest BCUT2D eigenvalue weighted by Gasteiger charge is -1.91. The molecule has 1 aliphatic carbocycles. The van der Waals surface area contributed by atoms with Gasteiger partial charge in [-0.05, 0) is 25.0 Å². The van der Waals surface area contributed by atoms with Gasteiger partial charge in [-0.15, -0.1) is 5.10 Å². The summed E-state index contributed by atoms with van der Waals surface area (Å²) in [6.45, 7) is 0. The number of aromatic nitrogens is 3. The maximum Gasteiger partial charge on any atom is 0.323 e. The first-order valence-corrected chi connectivity index (χ1v) is 6.32. The zero-order chi connectivity index (χ0) is 12.8. The minimum Gasteiger partial charge on any atom is -0.423 e. The number of hydrogen-bond donors (Lipinski definition) is 1. The Bertz CT molecular complexity index is 747. The zero-order valence-corrected chi connectivity index (χ0v) is 10.5. The average Bonchev–Trinajstić information content (AvgIpc) is 3.01. The van der Waals surface area contributed by atoms with Gasteiger partial charge < -0.3 is 8.83 Å². The Hall–Kier alpha value is -2.08. The molecule has 1 aliphatic rings. The topological polar surface area (TPSA) is 77.0 Å². The van der Waals surface area contributed by atoms with Gasteiger partial charge in [-0.2, -0.15) is 4.98 Å². The Morgan fingerprint density at radius 3 is 2.89 bits per heavy atom. The van der Waals surface area contributed by atoms with Crippen LogP contribution in [0.2, 0.25) is 5.02 Å². The van der Waals surface area contributed by atoms with Crippen molar-refractivity contribution < 1.29 is 8.83 Å². The van der Waals surface area contributed by atoms with Crippen LogP contribution in [0.15, 0.2) is 27.0 Å². The van der Waals surface area contributed by atoms with Crippen molar-refractivity contribution >= 4 is 34.7 Å². The quantitative estimate of drug-likeness (QED) is 0.789. The summed E-state index contributed by atoms with van der Waals surface area (Å²) in [6.07, 6.45) is 2.23. The van der Waals surface area contributed by atoms with Crippen molar-refractivity contribution in [1.82, 2.24) is 15.2 Å². The number of anilines is 2. The molecule has 1 aromatic carbocycles. The summed E-state index contributed by atoms with van der Waals surface area (Å²) in [4.78, 5) is 4.25. The van der Waals surface area contributed by atoms with Crippen LogP contribution >= 0.6 is 11.6 Å². The average molecular weight is 277 g/mol. The van der Waals surface area contributed by atoms with E-state index in [4.69, 9.17) is 20.4 Å². The van der Waals surface area contributed by atoms with Crippen molar-refractivity contribution in [2.24, 2.45) is 0 Å². The van der Waals surface area contributed by atoms with Gasteiger partial charge in [0.1, 0.15) is 5.52 Å². The zero-order valence-electron chi connectivity index (χ0n) is 9.76. The Labute approximate surface area is 112 Å². The summed E-state index contributed by atoms with van der Waals surface area (Å²) in [5.41, 5.74) is 1.32. The van der Waals surface area contributed by atoms with Gasteiger partial charge in [0.25, 0.3) is 0 Å². The fraction of sp³-hybridized carbons (Fsp3) is 0.250.